The molecule has 1 aromatic carbocycles. The molecule has 1 unspecified atom stereocenters. The van der Waals surface area contributed by atoms with E-state index in [9.17, 15) is 5.11 Å². The van der Waals surface area contributed by atoms with Gasteiger partial charge in [0.1, 0.15) is 17.9 Å². The molecule has 3 N–H and O–H groups in total. The third-order valence-electron chi connectivity index (χ3n) is 4.26. The summed E-state index contributed by atoms with van der Waals surface area (Å²) < 4.78 is 11.1. The maximum absolute atomic E-state index is 10.6. The minimum atomic E-state index is -1.15. The summed E-state index contributed by atoms with van der Waals surface area (Å²) in [5.41, 5.74) is 1.02. The number of hydrogen-bond acceptors (Lipinski definition) is 5. The Balaban J connectivity index is 0.00000300. The van der Waals surface area contributed by atoms with Gasteiger partial charge < -0.3 is 24.6 Å². The Labute approximate surface area is 187 Å². The Morgan fingerprint density at radius 1 is 1.21 bits per heavy atom. The quantitative estimate of drug-likeness (QED) is 0.254. The van der Waals surface area contributed by atoms with Gasteiger partial charge in [-0.15, -0.1) is 24.0 Å². The lowest BCUT2D eigenvalue weighted by Crippen LogP contribution is -2.44. The van der Waals surface area contributed by atoms with Gasteiger partial charge in [-0.05, 0) is 32.9 Å². The summed E-state index contributed by atoms with van der Waals surface area (Å²) >= 11 is 0. The zero-order valence-electron chi connectivity index (χ0n) is 16.8. The summed E-state index contributed by atoms with van der Waals surface area (Å²) in [4.78, 5) is 8.79. The molecule has 0 aliphatic carbocycles. The number of rotatable bonds is 7. The van der Waals surface area contributed by atoms with Crippen molar-refractivity contribution in [3.8, 4) is 11.3 Å². The molecular weight excluding hydrogens is 483 g/mol. The highest BCUT2D eigenvalue weighted by Gasteiger charge is 2.26. The van der Waals surface area contributed by atoms with Crippen LogP contribution in [0.3, 0.4) is 0 Å². The summed E-state index contributed by atoms with van der Waals surface area (Å²) in [5, 5.41) is 16.8. The van der Waals surface area contributed by atoms with Crippen LogP contribution >= 0.6 is 24.0 Å². The van der Waals surface area contributed by atoms with Crippen LogP contribution in [-0.4, -0.2) is 29.1 Å². The SMILES string of the molecule is CCNC(=NCc1ncc(-c2ccc(C)cc2)o1)NCC(C)(O)c1ccco1.I. The molecule has 0 bridgehead atoms. The first kappa shape index (κ1) is 23.0. The predicted octanol–water partition coefficient (Wildman–Crippen LogP) is 3.82. The monoisotopic (exact) mass is 510 g/mol. The van der Waals surface area contributed by atoms with Gasteiger partial charge in [0, 0.05) is 12.1 Å². The van der Waals surface area contributed by atoms with Crippen molar-refractivity contribution in [3.63, 3.8) is 0 Å². The van der Waals surface area contributed by atoms with E-state index in [1.165, 1.54) is 11.8 Å². The Hall–Kier alpha value is -2.33. The Morgan fingerprint density at radius 3 is 2.62 bits per heavy atom. The van der Waals surface area contributed by atoms with Crippen LogP contribution in [0.25, 0.3) is 11.3 Å². The molecule has 3 rings (SSSR count). The lowest BCUT2D eigenvalue weighted by molar-refractivity contribution is 0.0386. The molecule has 0 fully saturated rings. The number of aliphatic hydroxyl groups is 1. The van der Waals surface area contributed by atoms with Crippen LogP contribution in [0.1, 0.15) is 31.1 Å². The van der Waals surface area contributed by atoms with Crippen LogP contribution in [0.2, 0.25) is 0 Å². The maximum Gasteiger partial charge on any atom is 0.216 e. The maximum atomic E-state index is 10.6. The number of aromatic nitrogens is 1. The second-order valence-corrected chi connectivity index (χ2v) is 6.78. The van der Waals surface area contributed by atoms with Crippen LogP contribution in [0.5, 0.6) is 0 Å². The molecule has 2 heterocycles. The molecule has 3 aromatic rings. The van der Waals surface area contributed by atoms with E-state index < -0.39 is 5.60 Å². The van der Waals surface area contributed by atoms with Crippen LogP contribution in [0.4, 0.5) is 0 Å². The highest BCUT2D eigenvalue weighted by Crippen LogP contribution is 2.21. The minimum Gasteiger partial charge on any atom is -0.466 e. The Morgan fingerprint density at radius 2 is 1.97 bits per heavy atom. The first-order chi connectivity index (χ1) is 13.5. The van der Waals surface area contributed by atoms with Crippen LogP contribution in [0.15, 0.2) is 62.7 Å². The third-order valence-corrected chi connectivity index (χ3v) is 4.26. The molecule has 7 nitrogen and oxygen atoms in total. The number of hydrogen-bond donors (Lipinski definition) is 3. The van der Waals surface area contributed by atoms with Crippen molar-refractivity contribution in [3.05, 3.63) is 66.1 Å². The predicted molar refractivity (Wildman–Crippen MR) is 123 cm³/mol. The fourth-order valence-corrected chi connectivity index (χ4v) is 2.65. The third kappa shape index (κ3) is 6.33. The first-order valence-corrected chi connectivity index (χ1v) is 9.28. The Kier molecular flexibility index (Phi) is 8.27. The number of guanidine groups is 1. The smallest absolute Gasteiger partial charge is 0.216 e. The van der Waals surface area contributed by atoms with Crippen LogP contribution in [-0.2, 0) is 12.1 Å². The van der Waals surface area contributed by atoms with Crippen molar-refractivity contribution in [2.24, 2.45) is 4.99 Å². The van der Waals surface area contributed by atoms with Gasteiger partial charge in [-0.1, -0.05) is 29.8 Å². The molecule has 0 aliphatic heterocycles. The van der Waals surface area contributed by atoms with Crippen molar-refractivity contribution < 1.29 is 13.9 Å². The van der Waals surface area contributed by atoms with Gasteiger partial charge in [-0.2, -0.15) is 0 Å². The second kappa shape index (κ2) is 10.4. The summed E-state index contributed by atoms with van der Waals surface area (Å²) in [6.07, 6.45) is 3.24. The van der Waals surface area contributed by atoms with E-state index in [0.29, 0.717) is 29.9 Å². The van der Waals surface area contributed by atoms with Gasteiger partial charge in [0.15, 0.2) is 11.7 Å². The lowest BCUT2D eigenvalue weighted by atomic mass is 10.0. The summed E-state index contributed by atoms with van der Waals surface area (Å²) in [5.74, 6) is 2.28. The van der Waals surface area contributed by atoms with E-state index in [2.05, 4.69) is 20.6 Å². The average Bonchev–Trinajstić information content (AvgIpc) is 3.37. The van der Waals surface area contributed by atoms with Crippen molar-refractivity contribution in [2.45, 2.75) is 32.9 Å². The highest BCUT2D eigenvalue weighted by atomic mass is 127. The molecule has 0 saturated carbocycles. The second-order valence-electron chi connectivity index (χ2n) is 6.78. The van der Waals surface area contributed by atoms with Crippen molar-refractivity contribution >= 4 is 29.9 Å². The molecule has 2 aromatic heterocycles. The molecule has 0 saturated heterocycles. The van der Waals surface area contributed by atoms with Crippen molar-refractivity contribution in [2.75, 3.05) is 13.1 Å². The molecular formula is C21H27IN4O3. The zero-order valence-corrected chi connectivity index (χ0v) is 19.1. The zero-order chi connectivity index (χ0) is 20.0. The van der Waals surface area contributed by atoms with E-state index in [-0.39, 0.29) is 37.1 Å². The number of furan rings is 1. The normalized spacial score (nSPS) is 13.4. The van der Waals surface area contributed by atoms with Gasteiger partial charge in [0.05, 0.1) is 19.0 Å². The van der Waals surface area contributed by atoms with Gasteiger partial charge in [-0.3, -0.25) is 0 Å². The fraction of sp³-hybridized carbons (Fsp3) is 0.333. The number of aryl methyl sites for hydroxylation is 1. The molecule has 1 atom stereocenters. The summed E-state index contributed by atoms with van der Waals surface area (Å²) in [6.45, 7) is 6.92. The number of oxazole rings is 1. The van der Waals surface area contributed by atoms with E-state index in [1.54, 1.807) is 25.3 Å². The van der Waals surface area contributed by atoms with Gasteiger partial charge in [0.2, 0.25) is 5.89 Å². The molecule has 0 amide bonds. The van der Waals surface area contributed by atoms with Gasteiger partial charge in [-0.25, -0.2) is 9.98 Å². The first-order valence-electron chi connectivity index (χ1n) is 9.28. The minimum absolute atomic E-state index is 0. The number of halogens is 1. The summed E-state index contributed by atoms with van der Waals surface area (Å²) in [6, 6.07) is 11.6. The van der Waals surface area contributed by atoms with Crippen LogP contribution < -0.4 is 10.6 Å². The number of benzene rings is 1. The largest absolute Gasteiger partial charge is 0.466 e. The molecule has 0 spiro atoms. The van der Waals surface area contributed by atoms with Crippen molar-refractivity contribution in [1.29, 1.82) is 0 Å². The molecule has 29 heavy (non-hydrogen) atoms. The average molecular weight is 510 g/mol. The molecule has 156 valence electrons. The Bertz CT molecular complexity index is 902. The van der Waals surface area contributed by atoms with Gasteiger partial charge >= 0.3 is 0 Å². The van der Waals surface area contributed by atoms with E-state index in [1.807, 2.05) is 38.1 Å². The van der Waals surface area contributed by atoms with Crippen LogP contribution in [0, 0.1) is 6.92 Å². The number of nitrogens with one attached hydrogen (secondary N) is 2. The fourth-order valence-electron chi connectivity index (χ4n) is 2.65. The van der Waals surface area contributed by atoms with E-state index in [4.69, 9.17) is 8.83 Å². The van der Waals surface area contributed by atoms with E-state index in [0.717, 1.165) is 5.56 Å². The standard InChI is InChI=1S/C21H26N4O3.HI/c1-4-22-20(25-14-21(3,26)18-6-5-11-27-18)24-13-19-23-12-17(28-19)16-9-7-15(2)8-10-16;/h5-12,26H,4,13-14H2,1-3H3,(H2,22,24,25);1H. The highest BCUT2D eigenvalue weighted by molar-refractivity contribution is 14.0. The lowest BCUT2D eigenvalue weighted by Gasteiger charge is -2.22. The molecule has 0 aliphatic rings. The van der Waals surface area contributed by atoms with Gasteiger partial charge in [0.25, 0.3) is 0 Å². The topological polar surface area (TPSA) is 95.8 Å². The van der Waals surface area contributed by atoms with E-state index >= 15 is 0 Å². The van der Waals surface area contributed by atoms with Crippen molar-refractivity contribution in [1.82, 2.24) is 15.6 Å². The number of nitrogens with zero attached hydrogens (tertiary/aromatic N) is 2. The molecule has 0 radical (unpaired) electrons. The number of aliphatic imine (C=N–C) groups is 1. The summed E-state index contributed by atoms with van der Waals surface area (Å²) in [7, 11) is 0. The molecule has 8 heteroatoms.